The van der Waals surface area contributed by atoms with E-state index in [1.165, 1.54) is 12.4 Å². The molecular weight excluding hydrogens is 282 g/mol. The van der Waals surface area contributed by atoms with Crippen molar-refractivity contribution in [2.45, 2.75) is 26.3 Å². The Bertz CT molecular complexity index is 489. The van der Waals surface area contributed by atoms with E-state index in [0.29, 0.717) is 18.5 Å². The number of aromatic nitrogens is 2. The van der Waals surface area contributed by atoms with Crippen LogP contribution in [-0.2, 0) is 4.74 Å². The van der Waals surface area contributed by atoms with Crippen molar-refractivity contribution >= 4 is 11.7 Å². The quantitative estimate of drug-likeness (QED) is 0.796. The molecule has 1 saturated heterocycles. The normalized spacial score (nSPS) is 17.4. The van der Waals surface area contributed by atoms with E-state index in [4.69, 9.17) is 10.5 Å². The number of morpholine rings is 1. The predicted molar refractivity (Wildman–Crippen MR) is 84.4 cm³/mol. The SMILES string of the molecule is CC(C)C[C@H](CNC(=O)c1nccnc1N)N1CCOCC1. The number of amides is 1. The van der Waals surface area contributed by atoms with Gasteiger partial charge in [-0.2, -0.15) is 0 Å². The molecule has 7 nitrogen and oxygen atoms in total. The van der Waals surface area contributed by atoms with Crippen molar-refractivity contribution in [3.8, 4) is 0 Å². The van der Waals surface area contributed by atoms with Gasteiger partial charge >= 0.3 is 0 Å². The minimum absolute atomic E-state index is 0.159. The number of nitrogen functional groups attached to an aromatic ring is 1. The van der Waals surface area contributed by atoms with Crippen LogP contribution in [0.4, 0.5) is 5.82 Å². The molecule has 0 radical (unpaired) electrons. The second-order valence-corrected chi connectivity index (χ2v) is 5.93. The van der Waals surface area contributed by atoms with Gasteiger partial charge in [0.15, 0.2) is 11.5 Å². The standard InChI is InChI=1S/C15H25N5O2/c1-11(2)9-12(20-5-7-22-8-6-20)10-19-15(21)13-14(16)18-4-3-17-13/h3-4,11-12H,5-10H2,1-2H3,(H2,16,18)(H,19,21)/t12-/m1/s1. The molecule has 122 valence electrons. The van der Waals surface area contributed by atoms with Crippen molar-refractivity contribution in [1.29, 1.82) is 0 Å². The van der Waals surface area contributed by atoms with Crippen LogP contribution in [0.25, 0.3) is 0 Å². The van der Waals surface area contributed by atoms with E-state index in [2.05, 4.69) is 34.0 Å². The van der Waals surface area contributed by atoms with Crippen molar-refractivity contribution in [3.05, 3.63) is 18.1 Å². The summed E-state index contributed by atoms with van der Waals surface area (Å²) in [7, 11) is 0. The van der Waals surface area contributed by atoms with Crippen molar-refractivity contribution in [2.75, 3.05) is 38.6 Å². The van der Waals surface area contributed by atoms with Gasteiger partial charge in [-0.25, -0.2) is 9.97 Å². The molecule has 0 spiro atoms. The van der Waals surface area contributed by atoms with Gasteiger partial charge in [-0.3, -0.25) is 9.69 Å². The zero-order valence-electron chi connectivity index (χ0n) is 13.3. The summed E-state index contributed by atoms with van der Waals surface area (Å²) in [5.41, 5.74) is 5.88. The summed E-state index contributed by atoms with van der Waals surface area (Å²) in [5, 5.41) is 2.94. The lowest BCUT2D eigenvalue weighted by atomic mass is 10.0. The van der Waals surface area contributed by atoms with Crippen LogP contribution in [0.5, 0.6) is 0 Å². The molecule has 1 fully saturated rings. The zero-order valence-corrected chi connectivity index (χ0v) is 13.3. The van der Waals surface area contributed by atoms with E-state index in [9.17, 15) is 4.79 Å². The summed E-state index contributed by atoms with van der Waals surface area (Å²) in [6.07, 6.45) is 3.97. The monoisotopic (exact) mass is 307 g/mol. The van der Waals surface area contributed by atoms with Crippen LogP contribution in [0, 0.1) is 5.92 Å². The number of anilines is 1. The molecule has 1 amide bonds. The van der Waals surface area contributed by atoms with Crippen LogP contribution >= 0.6 is 0 Å². The van der Waals surface area contributed by atoms with Gasteiger partial charge in [-0.05, 0) is 12.3 Å². The summed E-state index contributed by atoms with van der Waals surface area (Å²) in [6.45, 7) is 8.26. The van der Waals surface area contributed by atoms with E-state index in [0.717, 1.165) is 32.7 Å². The average Bonchev–Trinajstić information content (AvgIpc) is 2.52. The number of rotatable bonds is 6. The molecule has 0 saturated carbocycles. The van der Waals surface area contributed by atoms with Gasteiger partial charge in [-0.15, -0.1) is 0 Å². The molecule has 7 heteroatoms. The third kappa shape index (κ3) is 4.64. The lowest BCUT2D eigenvalue weighted by Gasteiger charge is -2.35. The van der Waals surface area contributed by atoms with Crippen LogP contribution < -0.4 is 11.1 Å². The summed E-state index contributed by atoms with van der Waals surface area (Å²) in [4.78, 5) is 22.5. The molecule has 1 aliphatic heterocycles. The average molecular weight is 307 g/mol. The number of carbonyl (C=O) groups is 1. The number of hydrogen-bond donors (Lipinski definition) is 2. The fourth-order valence-corrected chi connectivity index (χ4v) is 2.67. The first kappa shape index (κ1) is 16.6. The molecule has 2 rings (SSSR count). The highest BCUT2D eigenvalue weighted by Crippen LogP contribution is 2.13. The Morgan fingerprint density at radius 3 is 2.68 bits per heavy atom. The first-order valence-corrected chi connectivity index (χ1v) is 7.74. The highest BCUT2D eigenvalue weighted by atomic mass is 16.5. The minimum Gasteiger partial charge on any atom is -0.382 e. The van der Waals surface area contributed by atoms with E-state index in [1.54, 1.807) is 0 Å². The molecule has 1 atom stereocenters. The molecule has 0 unspecified atom stereocenters. The van der Waals surface area contributed by atoms with Crippen molar-refractivity contribution < 1.29 is 9.53 Å². The predicted octanol–water partition coefficient (Wildman–Crippen LogP) is 0.536. The largest absolute Gasteiger partial charge is 0.382 e. The van der Waals surface area contributed by atoms with Gasteiger partial charge < -0.3 is 15.8 Å². The molecule has 0 aromatic carbocycles. The highest BCUT2D eigenvalue weighted by Gasteiger charge is 2.23. The number of nitrogens with zero attached hydrogens (tertiary/aromatic N) is 3. The maximum atomic E-state index is 12.2. The van der Waals surface area contributed by atoms with E-state index in [1.807, 2.05) is 0 Å². The molecule has 3 N–H and O–H groups in total. The summed E-state index contributed by atoms with van der Waals surface area (Å²) < 4.78 is 5.40. The second-order valence-electron chi connectivity index (χ2n) is 5.93. The first-order valence-electron chi connectivity index (χ1n) is 7.74. The number of ether oxygens (including phenoxy) is 1. The topological polar surface area (TPSA) is 93.4 Å². The molecule has 0 bridgehead atoms. The van der Waals surface area contributed by atoms with E-state index in [-0.39, 0.29) is 17.4 Å². The minimum atomic E-state index is -0.271. The smallest absolute Gasteiger partial charge is 0.273 e. The molecular formula is C15H25N5O2. The second kappa shape index (κ2) is 8.05. The molecule has 2 heterocycles. The Morgan fingerprint density at radius 1 is 1.36 bits per heavy atom. The Morgan fingerprint density at radius 2 is 2.05 bits per heavy atom. The van der Waals surface area contributed by atoms with Gasteiger partial charge in [-0.1, -0.05) is 13.8 Å². The molecule has 22 heavy (non-hydrogen) atoms. The summed E-state index contributed by atoms with van der Waals surface area (Å²) >= 11 is 0. The van der Waals surface area contributed by atoms with Crippen molar-refractivity contribution in [1.82, 2.24) is 20.2 Å². The third-order valence-electron chi connectivity index (χ3n) is 3.75. The lowest BCUT2D eigenvalue weighted by molar-refractivity contribution is 0.0124. The number of hydrogen-bond acceptors (Lipinski definition) is 6. The van der Waals surface area contributed by atoms with Gasteiger partial charge in [0.1, 0.15) is 0 Å². The number of nitrogens with two attached hydrogens (primary N) is 1. The summed E-state index contributed by atoms with van der Waals surface area (Å²) in [5.74, 6) is 0.450. The molecule has 1 aromatic heterocycles. The van der Waals surface area contributed by atoms with Crippen molar-refractivity contribution in [2.24, 2.45) is 5.92 Å². The zero-order chi connectivity index (χ0) is 15.9. The fraction of sp³-hybridized carbons (Fsp3) is 0.667. The Hall–Kier alpha value is -1.73. The fourth-order valence-electron chi connectivity index (χ4n) is 2.67. The Balaban J connectivity index is 1.95. The van der Waals surface area contributed by atoms with Gasteiger partial charge in [0.25, 0.3) is 5.91 Å². The molecule has 1 aromatic rings. The van der Waals surface area contributed by atoms with Crippen LogP contribution in [0.15, 0.2) is 12.4 Å². The number of carbonyl (C=O) groups excluding carboxylic acids is 1. The van der Waals surface area contributed by atoms with E-state index < -0.39 is 0 Å². The lowest BCUT2D eigenvalue weighted by Crippen LogP contribution is -2.49. The highest BCUT2D eigenvalue weighted by molar-refractivity contribution is 5.96. The van der Waals surface area contributed by atoms with Crippen LogP contribution in [0.1, 0.15) is 30.8 Å². The van der Waals surface area contributed by atoms with Gasteiger partial charge in [0.05, 0.1) is 13.2 Å². The first-order chi connectivity index (χ1) is 10.6. The molecule has 1 aliphatic rings. The van der Waals surface area contributed by atoms with Gasteiger partial charge in [0, 0.05) is 38.1 Å². The summed E-state index contributed by atoms with van der Waals surface area (Å²) in [6, 6.07) is 0.297. The van der Waals surface area contributed by atoms with Crippen molar-refractivity contribution in [3.63, 3.8) is 0 Å². The maximum Gasteiger partial charge on any atom is 0.273 e. The maximum absolute atomic E-state index is 12.2. The van der Waals surface area contributed by atoms with E-state index >= 15 is 0 Å². The van der Waals surface area contributed by atoms with Crippen LogP contribution in [0.2, 0.25) is 0 Å². The Kier molecular flexibility index (Phi) is 6.09. The third-order valence-corrected chi connectivity index (χ3v) is 3.75. The number of nitrogens with one attached hydrogen (secondary N) is 1. The van der Waals surface area contributed by atoms with Crippen LogP contribution in [-0.4, -0.2) is 59.7 Å². The van der Waals surface area contributed by atoms with Gasteiger partial charge in [0.2, 0.25) is 0 Å². The molecule has 0 aliphatic carbocycles. The Labute approximate surface area is 131 Å². The van der Waals surface area contributed by atoms with Crippen LogP contribution in [0.3, 0.4) is 0 Å².